The van der Waals surface area contributed by atoms with Gasteiger partial charge in [-0.1, -0.05) is 18.2 Å². The predicted octanol–water partition coefficient (Wildman–Crippen LogP) is 2.50. The first-order valence-electron chi connectivity index (χ1n) is 4.83. The molecule has 19 heavy (non-hydrogen) atoms. The maximum Gasteiger partial charge on any atom is 0.490 e. The number of H-pyrrole nitrogens is 1. The van der Waals surface area contributed by atoms with Crippen molar-refractivity contribution in [3.8, 4) is 0 Å². The number of aromatic carboxylic acids is 1. The molecule has 2 rings (SSSR count). The summed E-state index contributed by atoms with van der Waals surface area (Å²) in [6, 6.07) is 7.32. The lowest BCUT2D eigenvalue weighted by molar-refractivity contribution is -0.192. The molecule has 0 spiro atoms. The number of nitrogens with one attached hydrogen (secondary N) is 1. The van der Waals surface area contributed by atoms with Gasteiger partial charge < -0.3 is 15.2 Å². The SMILES string of the molecule is O=C(O)C(F)(F)F.O=C(O)c1c[nH]c2ccccc12. The van der Waals surface area contributed by atoms with Crippen molar-refractivity contribution in [1.29, 1.82) is 0 Å². The summed E-state index contributed by atoms with van der Waals surface area (Å²) in [7, 11) is 0. The van der Waals surface area contributed by atoms with E-state index in [1.807, 2.05) is 18.2 Å². The summed E-state index contributed by atoms with van der Waals surface area (Å²) in [5.41, 5.74) is 1.18. The molecule has 102 valence electrons. The van der Waals surface area contributed by atoms with E-state index in [0.29, 0.717) is 5.56 Å². The number of aliphatic carboxylic acids is 1. The Balaban J connectivity index is 0.000000224. The number of hydrogen-bond acceptors (Lipinski definition) is 2. The van der Waals surface area contributed by atoms with Gasteiger partial charge in [0.25, 0.3) is 0 Å². The van der Waals surface area contributed by atoms with Crippen LogP contribution in [0.3, 0.4) is 0 Å². The van der Waals surface area contributed by atoms with Gasteiger partial charge in [0.05, 0.1) is 5.56 Å². The average molecular weight is 275 g/mol. The van der Waals surface area contributed by atoms with Gasteiger partial charge in [-0.3, -0.25) is 0 Å². The highest BCUT2D eigenvalue weighted by atomic mass is 19.4. The highest BCUT2D eigenvalue weighted by Crippen LogP contribution is 2.16. The number of benzene rings is 1. The highest BCUT2D eigenvalue weighted by Gasteiger charge is 2.38. The first kappa shape index (κ1) is 14.6. The minimum Gasteiger partial charge on any atom is -0.478 e. The van der Waals surface area contributed by atoms with E-state index in [0.717, 1.165) is 10.9 Å². The number of carboxylic acid groups (broad SMARTS) is 2. The minimum atomic E-state index is -5.08. The average Bonchev–Trinajstić information content (AvgIpc) is 2.72. The number of aromatic amines is 1. The molecule has 1 aromatic carbocycles. The number of halogens is 3. The highest BCUT2D eigenvalue weighted by molar-refractivity contribution is 6.02. The van der Waals surface area contributed by atoms with E-state index >= 15 is 0 Å². The number of carboxylic acids is 2. The van der Waals surface area contributed by atoms with E-state index in [4.69, 9.17) is 15.0 Å². The molecule has 0 aliphatic carbocycles. The molecule has 0 unspecified atom stereocenters. The summed E-state index contributed by atoms with van der Waals surface area (Å²) >= 11 is 0. The number of carbonyl (C=O) groups is 2. The van der Waals surface area contributed by atoms with Crippen LogP contribution in [-0.4, -0.2) is 33.3 Å². The molecule has 0 aliphatic rings. The third-order valence-corrected chi connectivity index (χ3v) is 2.06. The van der Waals surface area contributed by atoms with E-state index in [1.54, 1.807) is 6.07 Å². The summed E-state index contributed by atoms with van der Waals surface area (Å²) in [5, 5.41) is 16.6. The maximum atomic E-state index is 10.7. The fraction of sp³-hybridized carbons (Fsp3) is 0.0909. The van der Waals surface area contributed by atoms with Crippen molar-refractivity contribution in [3.63, 3.8) is 0 Å². The molecule has 2 aromatic rings. The summed E-state index contributed by atoms with van der Waals surface area (Å²) < 4.78 is 31.7. The van der Waals surface area contributed by atoms with E-state index in [1.165, 1.54) is 6.20 Å². The van der Waals surface area contributed by atoms with E-state index < -0.39 is 18.1 Å². The Morgan fingerprint density at radius 2 is 1.63 bits per heavy atom. The van der Waals surface area contributed by atoms with Gasteiger partial charge in [-0.15, -0.1) is 0 Å². The third-order valence-electron chi connectivity index (χ3n) is 2.06. The lowest BCUT2D eigenvalue weighted by atomic mass is 10.2. The molecule has 0 saturated carbocycles. The van der Waals surface area contributed by atoms with Gasteiger partial charge in [0, 0.05) is 17.1 Å². The molecule has 1 aromatic heterocycles. The fourth-order valence-electron chi connectivity index (χ4n) is 1.25. The monoisotopic (exact) mass is 275 g/mol. The van der Waals surface area contributed by atoms with Crippen molar-refractivity contribution in [2.75, 3.05) is 0 Å². The molecule has 0 atom stereocenters. The number of aromatic nitrogens is 1. The van der Waals surface area contributed by atoms with Crippen molar-refractivity contribution < 1.29 is 33.0 Å². The van der Waals surface area contributed by atoms with Crippen molar-refractivity contribution in [2.45, 2.75) is 6.18 Å². The van der Waals surface area contributed by atoms with E-state index in [2.05, 4.69) is 4.98 Å². The first-order chi connectivity index (χ1) is 8.73. The van der Waals surface area contributed by atoms with E-state index in [9.17, 15) is 18.0 Å². The second kappa shape index (κ2) is 5.42. The molecule has 0 saturated heterocycles. The molecular formula is C11H8F3NO4. The van der Waals surface area contributed by atoms with Gasteiger partial charge >= 0.3 is 18.1 Å². The summed E-state index contributed by atoms with van der Waals surface area (Å²) in [4.78, 5) is 22.4. The second-order valence-electron chi connectivity index (χ2n) is 3.36. The van der Waals surface area contributed by atoms with Gasteiger partial charge in [0.2, 0.25) is 0 Å². The Labute approximate surface area is 104 Å². The Morgan fingerprint density at radius 3 is 2.11 bits per heavy atom. The topological polar surface area (TPSA) is 90.4 Å². The molecule has 0 aliphatic heterocycles. The van der Waals surface area contributed by atoms with Crippen LogP contribution in [0.4, 0.5) is 13.2 Å². The zero-order valence-corrected chi connectivity index (χ0v) is 9.23. The molecule has 8 heteroatoms. The van der Waals surface area contributed by atoms with Crippen LogP contribution in [0, 0.1) is 0 Å². The summed E-state index contributed by atoms with van der Waals surface area (Å²) in [6.07, 6.45) is -3.58. The van der Waals surface area contributed by atoms with Gasteiger partial charge in [0.1, 0.15) is 0 Å². The van der Waals surface area contributed by atoms with Crippen molar-refractivity contribution in [1.82, 2.24) is 4.98 Å². The van der Waals surface area contributed by atoms with Gasteiger partial charge in [-0.25, -0.2) is 9.59 Å². The van der Waals surface area contributed by atoms with E-state index in [-0.39, 0.29) is 0 Å². The van der Waals surface area contributed by atoms with Gasteiger partial charge in [-0.05, 0) is 6.07 Å². The molecule has 0 fully saturated rings. The minimum absolute atomic E-state index is 0.325. The van der Waals surface area contributed by atoms with Gasteiger partial charge in [0.15, 0.2) is 0 Å². The van der Waals surface area contributed by atoms with Crippen LogP contribution in [0.25, 0.3) is 10.9 Å². The van der Waals surface area contributed by atoms with Crippen molar-refractivity contribution >= 4 is 22.8 Å². The van der Waals surface area contributed by atoms with Gasteiger partial charge in [-0.2, -0.15) is 13.2 Å². The van der Waals surface area contributed by atoms with Crippen LogP contribution in [-0.2, 0) is 4.79 Å². The number of fused-ring (bicyclic) bond motifs is 1. The van der Waals surface area contributed by atoms with Crippen molar-refractivity contribution in [2.24, 2.45) is 0 Å². The van der Waals surface area contributed by atoms with Crippen LogP contribution in [0.5, 0.6) is 0 Å². The van der Waals surface area contributed by atoms with Crippen LogP contribution in [0.1, 0.15) is 10.4 Å². The van der Waals surface area contributed by atoms with Crippen LogP contribution in [0.15, 0.2) is 30.5 Å². The van der Waals surface area contributed by atoms with Crippen LogP contribution < -0.4 is 0 Å². The van der Waals surface area contributed by atoms with Crippen LogP contribution >= 0.6 is 0 Å². The number of alkyl halides is 3. The Kier molecular flexibility index (Phi) is 4.15. The fourth-order valence-corrected chi connectivity index (χ4v) is 1.25. The van der Waals surface area contributed by atoms with Crippen molar-refractivity contribution in [3.05, 3.63) is 36.0 Å². The number of rotatable bonds is 1. The smallest absolute Gasteiger partial charge is 0.478 e. The first-order valence-corrected chi connectivity index (χ1v) is 4.83. The summed E-state index contributed by atoms with van der Waals surface area (Å²) in [6.45, 7) is 0. The predicted molar refractivity (Wildman–Crippen MR) is 58.9 cm³/mol. The Hall–Kier alpha value is -2.51. The molecule has 3 N–H and O–H groups in total. The zero-order chi connectivity index (χ0) is 14.6. The standard InChI is InChI=1S/C9H7NO2.C2HF3O2/c11-9(12)7-5-10-8-4-2-1-3-6(7)8;3-2(4,5)1(6)7/h1-5,10H,(H,11,12);(H,6,7). The number of hydrogen-bond donors (Lipinski definition) is 3. The second-order valence-corrected chi connectivity index (χ2v) is 3.36. The Bertz CT molecular complexity index is 603. The lowest BCUT2D eigenvalue weighted by Gasteiger charge is -1.93. The molecule has 1 heterocycles. The lowest BCUT2D eigenvalue weighted by Crippen LogP contribution is -2.21. The molecule has 0 radical (unpaired) electrons. The quantitative estimate of drug-likeness (QED) is 0.745. The zero-order valence-electron chi connectivity index (χ0n) is 9.23. The van der Waals surface area contributed by atoms with Crippen LogP contribution in [0.2, 0.25) is 0 Å². The molecule has 0 amide bonds. The molecule has 0 bridgehead atoms. The Morgan fingerprint density at radius 1 is 1.11 bits per heavy atom. The summed E-state index contributed by atoms with van der Waals surface area (Å²) in [5.74, 6) is -3.65. The largest absolute Gasteiger partial charge is 0.490 e. The maximum absolute atomic E-state index is 10.7. The number of para-hydroxylation sites is 1. The normalized spacial score (nSPS) is 10.7. The molecular weight excluding hydrogens is 267 g/mol. The third kappa shape index (κ3) is 3.73. The molecule has 5 nitrogen and oxygen atoms in total.